The van der Waals surface area contributed by atoms with Crippen LogP contribution in [0.15, 0.2) is 0 Å². The molecule has 1 amide bonds. The lowest BCUT2D eigenvalue weighted by atomic mass is 10.3. The quantitative estimate of drug-likeness (QED) is 0.634. The summed E-state index contributed by atoms with van der Waals surface area (Å²) in [6.45, 7) is 6.56. The molecule has 78 valence electrons. The van der Waals surface area contributed by atoms with E-state index in [9.17, 15) is 4.79 Å². The van der Waals surface area contributed by atoms with Crippen molar-refractivity contribution in [2.24, 2.45) is 5.73 Å². The van der Waals surface area contributed by atoms with Crippen LogP contribution in [0.5, 0.6) is 0 Å². The van der Waals surface area contributed by atoms with E-state index in [-0.39, 0.29) is 17.2 Å². The van der Waals surface area contributed by atoms with E-state index < -0.39 is 0 Å². The zero-order chi connectivity index (χ0) is 10.3. The molecule has 0 heterocycles. The van der Waals surface area contributed by atoms with Crippen molar-refractivity contribution in [1.82, 2.24) is 5.32 Å². The first-order chi connectivity index (χ1) is 6.07. The van der Waals surface area contributed by atoms with Gasteiger partial charge in [0.15, 0.2) is 0 Å². The van der Waals surface area contributed by atoms with Crippen LogP contribution in [0.2, 0.25) is 0 Å². The third-order valence-corrected chi connectivity index (χ3v) is 2.75. The van der Waals surface area contributed by atoms with E-state index >= 15 is 0 Å². The highest BCUT2D eigenvalue weighted by molar-refractivity contribution is 8.00. The molecule has 13 heavy (non-hydrogen) atoms. The Kier molecular flexibility index (Phi) is 7.09. The highest BCUT2D eigenvalue weighted by Crippen LogP contribution is 2.11. The lowest BCUT2D eigenvalue weighted by Crippen LogP contribution is -2.36. The van der Waals surface area contributed by atoms with Gasteiger partial charge in [0.1, 0.15) is 0 Å². The summed E-state index contributed by atoms with van der Waals surface area (Å²) in [4.78, 5) is 11.4. The Balaban J connectivity index is 3.57. The number of carbonyl (C=O) groups excluding carboxylic acids is 1. The third kappa shape index (κ3) is 6.90. The maximum Gasteiger partial charge on any atom is 0.233 e. The SMILES string of the molecule is CC(C)NC(=O)C(C)SCCCN. The average Bonchev–Trinajstić information content (AvgIpc) is 2.03. The second kappa shape index (κ2) is 7.21. The summed E-state index contributed by atoms with van der Waals surface area (Å²) in [5.74, 6) is 1.08. The predicted molar refractivity (Wildman–Crippen MR) is 58.9 cm³/mol. The second-order valence-corrected chi connectivity index (χ2v) is 4.77. The molecular formula is C9H20N2OS. The van der Waals surface area contributed by atoms with Gasteiger partial charge in [-0.3, -0.25) is 4.79 Å². The molecule has 0 aliphatic heterocycles. The minimum atomic E-state index is 0.0361. The van der Waals surface area contributed by atoms with Gasteiger partial charge in [0.25, 0.3) is 0 Å². The van der Waals surface area contributed by atoms with Gasteiger partial charge in [-0.1, -0.05) is 0 Å². The molecule has 3 N–H and O–H groups in total. The Labute approximate surface area is 84.8 Å². The van der Waals surface area contributed by atoms with Crippen molar-refractivity contribution < 1.29 is 4.79 Å². The summed E-state index contributed by atoms with van der Waals surface area (Å²) in [6, 6.07) is 0.227. The predicted octanol–water partition coefficient (Wildman–Crippen LogP) is 0.981. The molecule has 0 saturated heterocycles. The van der Waals surface area contributed by atoms with Crippen molar-refractivity contribution in [3.05, 3.63) is 0 Å². The van der Waals surface area contributed by atoms with Crippen molar-refractivity contribution in [3.63, 3.8) is 0 Å². The molecule has 0 aromatic carbocycles. The maximum absolute atomic E-state index is 11.4. The summed E-state index contributed by atoms with van der Waals surface area (Å²) < 4.78 is 0. The number of thioether (sulfide) groups is 1. The van der Waals surface area contributed by atoms with Crippen molar-refractivity contribution >= 4 is 17.7 Å². The fraction of sp³-hybridized carbons (Fsp3) is 0.889. The summed E-state index contributed by atoms with van der Waals surface area (Å²) in [7, 11) is 0. The number of hydrogen-bond acceptors (Lipinski definition) is 3. The number of carbonyl (C=O) groups is 1. The Morgan fingerprint density at radius 1 is 1.46 bits per heavy atom. The molecule has 1 atom stereocenters. The van der Waals surface area contributed by atoms with Crippen LogP contribution in [0.25, 0.3) is 0 Å². The van der Waals surface area contributed by atoms with E-state index in [0.717, 1.165) is 12.2 Å². The fourth-order valence-electron chi connectivity index (χ4n) is 0.821. The Hall–Kier alpha value is -0.220. The Bertz CT molecular complexity index is 151. The van der Waals surface area contributed by atoms with Crippen LogP contribution in [-0.2, 0) is 4.79 Å². The number of rotatable bonds is 6. The summed E-state index contributed by atoms with van der Waals surface area (Å²) in [5, 5.41) is 2.91. The molecule has 0 aromatic heterocycles. The molecule has 0 saturated carbocycles. The first-order valence-electron chi connectivity index (χ1n) is 4.70. The lowest BCUT2D eigenvalue weighted by molar-refractivity contribution is -0.120. The summed E-state index contributed by atoms with van der Waals surface area (Å²) >= 11 is 1.66. The fourth-order valence-corrected chi connectivity index (χ4v) is 1.73. The van der Waals surface area contributed by atoms with Crippen molar-refractivity contribution in [1.29, 1.82) is 0 Å². The molecule has 4 heteroatoms. The van der Waals surface area contributed by atoms with Crippen molar-refractivity contribution in [2.75, 3.05) is 12.3 Å². The number of nitrogens with one attached hydrogen (secondary N) is 1. The van der Waals surface area contributed by atoms with Crippen LogP contribution >= 0.6 is 11.8 Å². The molecule has 0 aliphatic carbocycles. The van der Waals surface area contributed by atoms with Crippen LogP contribution in [0.4, 0.5) is 0 Å². The van der Waals surface area contributed by atoms with Gasteiger partial charge < -0.3 is 11.1 Å². The molecule has 0 radical (unpaired) electrons. The molecule has 3 nitrogen and oxygen atoms in total. The topological polar surface area (TPSA) is 55.1 Å². The van der Waals surface area contributed by atoms with Crippen LogP contribution in [0, 0.1) is 0 Å². The smallest absolute Gasteiger partial charge is 0.233 e. The zero-order valence-corrected chi connectivity index (χ0v) is 9.49. The van der Waals surface area contributed by atoms with Gasteiger partial charge in [-0.15, -0.1) is 11.8 Å². The number of amides is 1. The van der Waals surface area contributed by atoms with Crippen LogP contribution in [0.3, 0.4) is 0 Å². The zero-order valence-electron chi connectivity index (χ0n) is 8.67. The molecule has 0 aromatic rings. The van der Waals surface area contributed by atoms with E-state index in [1.807, 2.05) is 20.8 Å². The average molecular weight is 204 g/mol. The molecule has 1 unspecified atom stereocenters. The number of hydrogen-bond donors (Lipinski definition) is 2. The van der Waals surface area contributed by atoms with Crippen LogP contribution < -0.4 is 11.1 Å². The lowest BCUT2D eigenvalue weighted by Gasteiger charge is -2.13. The number of nitrogens with two attached hydrogens (primary N) is 1. The molecule has 0 rings (SSSR count). The van der Waals surface area contributed by atoms with E-state index in [1.54, 1.807) is 11.8 Å². The van der Waals surface area contributed by atoms with Gasteiger partial charge in [-0.2, -0.15) is 0 Å². The van der Waals surface area contributed by atoms with Gasteiger partial charge in [0.2, 0.25) is 5.91 Å². The van der Waals surface area contributed by atoms with E-state index in [2.05, 4.69) is 5.32 Å². The van der Waals surface area contributed by atoms with Crippen LogP contribution in [0.1, 0.15) is 27.2 Å². The van der Waals surface area contributed by atoms with Gasteiger partial charge in [0.05, 0.1) is 5.25 Å². The van der Waals surface area contributed by atoms with E-state index in [1.165, 1.54) is 0 Å². The summed E-state index contributed by atoms with van der Waals surface area (Å²) in [5.41, 5.74) is 5.36. The highest BCUT2D eigenvalue weighted by atomic mass is 32.2. The Morgan fingerprint density at radius 3 is 2.54 bits per heavy atom. The first-order valence-corrected chi connectivity index (χ1v) is 5.74. The third-order valence-electron chi connectivity index (χ3n) is 1.52. The van der Waals surface area contributed by atoms with Crippen molar-refractivity contribution in [3.8, 4) is 0 Å². The minimum absolute atomic E-state index is 0.0361. The van der Waals surface area contributed by atoms with E-state index in [4.69, 9.17) is 5.73 Å². The normalized spacial score (nSPS) is 13.0. The van der Waals surface area contributed by atoms with Crippen LogP contribution in [-0.4, -0.2) is 29.5 Å². The maximum atomic E-state index is 11.4. The standard InChI is InChI=1S/C9H20N2OS/c1-7(2)11-9(12)8(3)13-6-4-5-10/h7-8H,4-6,10H2,1-3H3,(H,11,12). The Morgan fingerprint density at radius 2 is 2.08 bits per heavy atom. The molecular weight excluding hydrogens is 184 g/mol. The van der Waals surface area contributed by atoms with Gasteiger partial charge >= 0.3 is 0 Å². The van der Waals surface area contributed by atoms with Crippen molar-refractivity contribution in [2.45, 2.75) is 38.5 Å². The summed E-state index contributed by atoms with van der Waals surface area (Å²) in [6.07, 6.45) is 0.976. The molecule has 0 aliphatic rings. The highest BCUT2D eigenvalue weighted by Gasteiger charge is 2.12. The largest absolute Gasteiger partial charge is 0.353 e. The minimum Gasteiger partial charge on any atom is -0.353 e. The monoisotopic (exact) mass is 204 g/mol. The van der Waals surface area contributed by atoms with Gasteiger partial charge in [-0.05, 0) is 39.5 Å². The van der Waals surface area contributed by atoms with Gasteiger partial charge in [-0.25, -0.2) is 0 Å². The second-order valence-electron chi connectivity index (χ2n) is 3.32. The first kappa shape index (κ1) is 12.8. The molecule has 0 bridgehead atoms. The molecule has 0 spiro atoms. The van der Waals surface area contributed by atoms with Gasteiger partial charge in [0, 0.05) is 6.04 Å². The van der Waals surface area contributed by atoms with E-state index in [0.29, 0.717) is 6.54 Å². The molecule has 0 fully saturated rings.